The van der Waals surface area contributed by atoms with E-state index in [4.69, 9.17) is 0 Å². The fraction of sp³-hybridized carbons (Fsp3) is 0.290. The van der Waals surface area contributed by atoms with Gasteiger partial charge in [0.15, 0.2) is 0 Å². The van der Waals surface area contributed by atoms with Crippen molar-refractivity contribution >= 4 is 39.9 Å². The molecular weight excluding hydrogens is 418 g/mol. The monoisotopic (exact) mass is 447 g/mol. The number of fused-ring (bicyclic) bond motifs is 5. The van der Waals surface area contributed by atoms with Crippen molar-refractivity contribution in [2.24, 2.45) is 0 Å². The molecule has 0 aromatic heterocycles. The maximum absolute atomic E-state index is 2.71. The van der Waals surface area contributed by atoms with Gasteiger partial charge in [-0.2, -0.15) is 0 Å². The molecule has 3 aromatic carbocycles. The van der Waals surface area contributed by atoms with E-state index in [1.54, 1.807) is 5.56 Å². The summed E-state index contributed by atoms with van der Waals surface area (Å²) >= 11 is 2.01. The Kier molecular flexibility index (Phi) is 4.27. The van der Waals surface area contributed by atoms with Crippen molar-refractivity contribution in [2.75, 3.05) is 11.4 Å². The lowest BCUT2D eigenvalue weighted by Gasteiger charge is -2.50. The predicted molar refractivity (Wildman–Crippen MR) is 144 cm³/mol. The molecule has 7 bridgehead atoms. The van der Waals surface area contributed by atoms with Crippen LogP contribution in [-0.4, -0.2) is 11.8 Å². The molecule has 0 aliphatic carbocycles. The number of benzene rings is 3. The summed E-state index contributed by atoms with van der Waals surface area (Å²) in [7, 11) is 0. The number of nitrogens with zero attached hydrogens (tertiary/aromatic N) is 1. The van der Waals surface area contributed by atoms with Crippen molar-refractivity contribution in [3.63, 3.8) is 0 Å². The summed E-state index contributed by atoms with van der Waals surface area (Å²) in [5.41, 5.74) is 10.3. The number of hydrogen-bond donors (Lipinski definition) is 0. The molecule has 5 aliphatic rings. The Labute approximate surface area is 200 Å². The zero-order chi connectivity index (χ0) is 22.2. The predicted octanol–water partition coefficient (Wildman–Crippen LogP) is 8.27. The minimum atomic E-state index is 0.0989. The van der Waals surface area contributed by atoms with Crippen molar-refractivity contribution in [3.05, 3.63) is 100.0 Å². The van der Waals surface area contributed by atoms with Gasteiger partial charge in [0.05, 0.1) is 6.04 Å². The highest BCUT2D eigenvalue weighted by atomic mass is 32.2. The quantitative estimate of drug-likeness (QED) is 0.369. The molecule has 0 amide bonds. The Balaban J connectivity index is 1.58. The van der Waals surface area contributed by atoms with Gasteiger partial charge < -0.3 is 4.90 Å². The first-order valence-electron chi connectivity index (χ1n) is 12.3. The minimum absolute atomic E-state index is 0.0989. The van der Waals surface area contributed by atoms with Gasteiger partial charge in [0, 0.05) is 22.9 Å². The standard InChI is InChI=1S/C31H29NS/c1-3-31-17-21-15-25(14-20(2)33-18-21)23-9-12-28-24(16-23)10-13-29(32(28)19-31)30-26-7-5-4-6-22(26)8-11-27(30)31/h4-13,15-16,18,20,29H,3,14,17,19H2,1-2H3/t20?,29?,31-/m1/s1. The van der Waals surface area contributed by atoms with Crippen LogP contribution < -0.4 is 4.90 Å². The van der Waals surface area contributed by atoms with Crippen LogP contribution in [0, 0.1) is 0 Å². The van der Waals surface area contributed by atoms with E-state index in [1.807, 2.05) is 11.8 Å². The van der Waals surface area contributed by atoms with Crippen LogP contribution in [0.2, 0.25) is 0 Å². The second kappa shape index (κ2) is 7.14. The van der Waals surface area contributed by atoms with E-state index in [-0.39, 0.29) is 5.41 Å². The van der Waals surface area contributed by atoms with Gasteiger partial charge in [-0.25, -0.2) is 0 Å². The van der Waals surface area contributed by atoms with Gasteiger partial charge in [-0.1, -0.05) is 74.5 Å². The molecule has 8 rings (SSSR count). The van der Waals surface area contributed by atoms with Gasteiger partial charge in [-0.3, -0.25) is 0 Å². The number of anilines is 1. The molecular formula is C31H29NS. The van der Waals surface area contributed by atoms with E-state index in [9.17, 15) is 0 Å². The van der Waals surface area contributed by atoms with Gasteiger partial charge in [-0.15, -0.1) is 11.8 Å². The van der Waals surface area contributed by atoms with Crippen molar-refractivity contribution < 1.29 is 0 Å². The van der Waals surface area contributed by atoms with E-state index < -0.39 is 0 Å². The summed E-state index contributed by atoms with van der Waals surface area (Å²) in [6.07, 6.45) is 10.7. The number of allylic oxidation sites excluding steroid dienone is 3. The zero-order valence-corrected chi connectivity index (χ0v) is 20.2. The van der Waals surface area contributed by atoms with Crippen molar-refractivity contribution in [1.29, 1.82) is 0 Å². The van der Waals surface area contributed by atoms with Crippen molar-refractivity contribution in [3.8, 4) is 0 Å². The summed E-state index contributed by atoms with van der Waals surface area (Å²) in [5.74, 6) is 0. The summed E-state index contributed by atoms with van der Waals surface area (Å²) in [6, 6.07) is 21.3. The molecule has 2 heteroatoms. The fourth-order valence-corrected chi connectivity index (χ4v) is 7.50. The maximum Gasteiger partial charge on any atom is 0.0739 e. The van der Waals surface area contributed by atoms with Crippen molar-refractivity contribution in [2.45, 2.75) is 49.8 Å². The van der Waals surface area contributed by atoms with Gasteiger partial charge in [0.2, 0.25) is 0 Å². The molecule has 1 nitrogen and oxygen atoms in total. The largest absolute Gasteiger partial charge is 0.360 e. The topological polar surface area (TPSA) is 3.24 Å². The average molecular weight is 448 g/mol. The van der Waals surface area contributed by atoms with E-state index in [1.165, 1.54) is 44.3 Å². The Morgan fingerprint density at radius 2 is 2.00 bits per heavy atom. The number of rotatable bonds is 1. The van der Waals surface area contributed by atoms with Crippen LogP contribution in [0.4, 0.5) is 5.69 Å². The van der Waals surface area contributed by atoms with Crippen LogP contribution >= 0.6 is 11.8 Å². The van der Waals surface area contributed by atoms with E-state index in [0.717, 1.165) is 25.8 Å². The van der Waals surface area contributed by atoms with Crippen LogP contribution in [0.5, 0.6) is 0 Å². The molecule has 0 N–H and O–H groups in total. The average Bonchev–Trinajstić information content (AvgIpc) is 3.04. The number of hydrogen-bond acceptors (Lipinski definition) is 2. The third kappa shape index (κ3) is 2.86. The second-order valence-corrected chi connectivity index (χ2v) is 11.6. The lowest BCUT2D eigenvalue weighted by atomic mass is 9.66. The Bertz CT molecular complexity index is 1390. The van der Waals surface area contributed by atoms with E-state index in [2.05, 4.69) is 97.0 Å². The third-order valence-corrected chi connectivity index (χ3v) is 9.42. The first-order chi connectivity index (χ1) is 16.1. The zero-order valence-electron chi connectivity index (χ0n) is 19.3. The molecule has 0 spiro atoms. The van der Waals surface area contributed by atoms with E-state index in [0.29, 0.717) is 11.3 Å². The molecule has 0 fully saturated rings. The van der Waals surface area contributed by atoms with Crippen molar-refractivity contribution in [1.82, 2.24) is 0 Å². The first-order valence-corrected chi connectivity index (χ1v) is 13.3. The molecule has 0 saturated heterocycles. The molecule has 2 unspecified atom stereocenters. The molecule has 3 atom stereocenters. The van der Waals surface area contributed by atoms with Crippen LogP contribution in [0.15, 0.2) is 77.7 Å². The normalized spacial score (nSPS) is 27.0. The second-order valence-electron chi connectivity index (χ2n) is 10.3. The third-order valence-electron chi connectivity index (χ3n) is 8.35. The Hall–Kier alpha value is -2.71. The first kappa shape index (κ1) is 19.7. The molecule has 0 radical (unpaired) electrons. The summed E-state index contributed by atoms with van der Waals surface area (Å²) in [6.45, 7) is 5.84. The molecule has 5 heterocycles. The van der Waals surface area contributed by atoms with Gasteiger partial charge in [0.25, 0.3) is 0 Å². The summed E-state index contributed by atoms with van der Waals surface area (Å²) in [5, 5.41) is 5.83. The maximum atomic E-state index is 2.71. The molecule has 3 aromatic rings. The molecule has 5 aliphatic heterocycles. The van der Waals surface area contributed by atoms with Crippen LogP contribution in [0.3, 0.4) is 0 Å². The highest BCUT2D eigenvalue weighted by molar-refractivity contribution is 8.02. The summed E-state index contributed by atoms with van der Waals surface area (Å²) in [4.78, 5) is 2.71. The Morgan fingerprint density at radius 3 is 2.91 bits per heavy atom. The molecule has 0 saturated carbocycles. The van der Waals surface area contributed by atoms with Crippen LogP contribution in [0.25, 0.3) is 22.4 Å². The Morgan fingerprint density at radius 1 is 1.09 bits per heavy atom. The molecule has 33 heavy (non-hydrogen) atoms. The highest BCUT2D eigenvalue weighted by Gasteiger charge is 2.44. The van der Waals surface area contributed by atoms with Crippen LogP contribution in [-0.2, 0) is 5.41 Å². The van der Waals surface area contributed by atoms with Gasteiger partial charge in [-0.05, 0) is 81.0 Å². The minimum Gasteiger partial charge on any atom is -0.360 e. The SMILES string of the molecule is CC[C@]12CC3=CSC(C)CC(=C3)c3ccc4c(c3)C=CC(c3c1ccc1ccccc31)N4C2. The smallest absolute Gasteiger partial charge is 0.0739 e. The summed E-state index contributed by atoms with van der Waals surface area (Å²) < 4.78 is 0. The van der Waals surface area contributed by atoms with Gasteiger partial charge >= 0.3 is 0 Å². The van der Waals surface area contributed by atoms with E-state index >= 15 is 0 Å². The van der Waals surface area contributed by atoms with Gasteiger partial charge in [0.1, 0.15) is 0 Å². The molecule has 164 valence electrons. The fourth-order valence-electron chi connectivity index (χ4n) is 6.66. The van der Waals surface area contributed by atoms with Crippen LogP contribution in [0.1, 0.15) is 61.4 Å². The lowest BCUT2D eigenvalue weighted by molar-refractivity contribution is 0.373. The number of thioether (sulfide) groups is 1. The lowest BCUT2D eigenvalue weighted by Crippen LogP contribution is -2.48. The highest BCUT2D eigenvalue weighted by Crippen LogP contribution is 2.53.